The molecule has 0 fully saturated rings. The van der Waals surface area contributed by atoms with E-state index in [9.17, 15) is 0 Å². The van der Waals surface area contributed by atoms with Gasteiger partial charge in [0.25, 0.3) is 0 Å². The highest BCUT2D eigenvalue weighted by atomic mass is 35.5. The minimum Gasteiger partial charge on any atom is -0.495 e. The van der Waals surface area contributed by atoms with Crippen molar-refractivity contribution in [3.8, 4) is 5.75 Å². The van der Waals surface area contributed by atoms with Crippen LogP contribution in [0.1, 0.15) is 11.4 Å². The maximum atomic E-state index is 6.12. The summed E-state index contributed by atoms with van der Waals surface area (Å²) in [6, 6.07) is 7.78. The zero-order valence-electron chi connectivity index (χ0n) is 11.4. The summed E-state index contributed by atoms with van der Waals surface area (Å²) in [7, 11) is 3.58. The van der Waals surface area contributed by atoms with Crippen LogP contribution >= 0.6 is 11.6 Å². The molecule has 0 spiro atoms. The third-order valence-electron chi connectivity index (χ3n) is 2.94. The second-order valence-electron chi connectivity index (χ2n) is 4.24. The van der Waals surface area contributed by atoms with Gasteiger partial charge >= 0.3 is 0 Å². The maximum Gasteiger partial charge on any atom is 0.142 e. The number of ether oxygens (including phenoxy) is 1. The molecule has 1 aromatic carbocycles. The summed E-state index contributed by atoms with van der Waals surface area (Å²) < 4.78 is 5.37. The Balaban J connectivity index is 2.53. The monoisotopic (exact) mass is 277 g/mol. The molecule has 0 saturated heterocycles. The van der Waals surface area contributed by atoms with Crippen molar-refractivity contribution in [1.29, 1.82) is 0 Å². The van der Waals surface area contributed by atoms with Gasteiger partial charge in [0.2, 0.25) is 0 Å². The van der Waals surface area contributed by atoms with E-state index in [2.05, 4.69) is 9.97 Å². The van der Waals surface area contributed by atoms with E-state index in [1.807, 2.05) is 50.1 Å². The van der Waals surface area contributed by atoms with Gasteiger partial charge in [-0.2, -0.15) is 0 Å². The van der Waals surface area contributed by atoms with Crippen molar-refractivity contribution < 1.29 is 4.74 Å². The first-order valence-corrected chi connectivity index (χ1v) is 6.30. The molecule has 0 atom stereocenters. The minimum atomic E-state index is 0.476. The van der Waals surface area contributed by atoms with Crippen molar-refractivity contribution in [2.75, 3.05) is 19.1 Å². The van der Waals surface area contributed by atoms with Crippen molar-refractivity contribution in [3.05, 3.63) is 40.8 Å². The van der Waals surface area contributed by atoms with Crippen LogP contribution in [-0.4, -0.2) is 24.1 Å². The number of methoxy groups -OCH3 is 1. The fourth-order valence-electron chi connectivity index (χ4n) is 1.93. The first-order valence-electron chi connectivity index (χ1n) is 5.92. The van der Waals surface area contributed by atoms with Gasteiger partial charge in [-0.15, -0.1) is 0 Å². The molecule has 0 aliphatic heterocycles. The molecule has 0 radical (unpaired) electrons. The summed E-state index contributed by atoms with van der Waals surface area (Å²) in [6.07, 6.45) is 0. The van der Waals surface area contributed by atoms with Crippen molar-refractivity contribution in [1.82, 2.24) is 9.97 Å². The van der Waals surface area contributed by atoms with Crippen LogP contribution in [-0.2, 0) is 0 Å². The number of anilines is 2. The number of hydrogen-bond donors (Lipinski definition) is 0. The molecule has 0 bridgehead atoms. The zero-order valence-corrected chi connectivity index (χ0v) is 12.2. The Kier molecular flexibility index (Phi) is 3.90. The largest absolute Gasteiger partial charge is 0.495 e. The molecule has 100 valence electrons. The van der Waals surface area contributed by atoms with Crippen LogP contribution in [0.2, 0.25) is 5.15 Å². The molecule has 1 aromatic heterocycles. The van der Waals surface area contributed by atoms with Crippen molar-refractivity contribution in [3.63, 3.8) is 0 Å². The molecular weight excluding hydrogens is 262 g/mol. The molecule has 0 amide bonds. The van der Waals surface area contributed by atoms with Gasteiger partial charge in [-0.05, 0) is 26.0 Å². The van der Waals surface area contributed by atoms with Crippen LogP contribution in [0.25, 0.3) is 0 Å². The lowest BCUT2D eigenvalue weighted by molar-refractivity contribution is 0.415. The van der Waals surface area contributed by atoms with E-state index in [1.54, 1.807) is 7.11 Å². The molecule has 2 rings (SSSR count). The third kappa shape index (κ3) is 2.63. The Bertz CT molecular complexity index is 601. The smallest absolute Gasteiger partial charge is 0.142 e. The number of para-hydroxylation sites is 2. The molecule has 4 nitrogen and oxygen atoms in total. The molecule has 5 heteroatoms. The number of benzene rings is 1. The predicted molar refractivity (Wildman–Crippen MR) is 77.6 cm³/mol. The fraction of sp³-hybridized carbons (Fsp3) is 0.286. The molecule has 0 unspecified atom stereocenters. The van der Waals surface area contributed by atoms with Gasteiger partial charge < -0.3 is 9.64 Å². The molecule has 0 aliphatic rings. The summed E-state index contributed by atoms with van der Waals surface area (Å²) in [5.74, 6) is 2.21. The highest BCUT2D eigenvalue weighted by Gasteiger charge is 2.15. The molecule has 0 aliphatic carbocycles. The van der Waals surface area contributed by atoms with Crippen LogP contribution in [0.15, 0.2) is 24.3 Å². The maximum absolute atomic E-state index is 6.12. The SMILES string of the molecule is COc1ccccc1N(C)c1nc(C)nc(Cl)c1C. The van der Waals surface area contributed by atoms with Crippen molar-refractivity contribution in [2.45, 2.75) is 13.8 Å². The summed E-state index contributed by atoms with van der Waals surface area (Å²) >= 11 is 6.12. The summed E-state index contributed by atoms with van der Waals surface area (Å²) in [5, 5.41) is 0.476. The number of halogens is 1. The molecular formula is C14H16ClN3O. The van der Waals surface area contributed by atoms with Crippen LogP contribution in [0.4, 0.5) is 11.5 Å². The first-order chi connectivity index (χ1) is 9.04. The Morgan fingerprint density at radius 1 is 1.16 bits per heavy atom. The van der Waals surface area contributed by atoms with Crippen LogP contribution in [0.3, 0.4) is 0 Å². The van der Waals surface area contributed by atoms with Gasteiger partial charge in [-0.25, -0.2) is 9.97 Å². The quantitative estimate of drug-likeness (QED) is 0.805. The number of nitrogens with zero attached hydrogens (tertiary/aromatic N) is 3. The van der Waals surface area contributed by atoms with Gasteiger partial charge in [0, 0.05) is 12.6 Å². The molecule has 0 saturated carbocycles. The van der Waals surface area contributed by atoms with Crippen LogP contribution < -0.4 is 9.64 Å². The van der Waals surface area contributed by atoms with Gasteiger partial charge in [0.05, 0.1) is 12.8 Å². The van der Waals surface area contributed by atoms with Crippen molar-refractivity contribution >= 4 is 23.1 Å². The van der Waals surface area contributed by atoms with E-state index >= 15 is 0 Å². The van der Waals surface area contributed by atoms with E-state index in [0.717, 1.165) is 22.8 Å². The number of rotatable bonds is 3. The zero-order chi connectivity index (χ0) is 14.0. The van der Waals surface area contributed by atoms with E-state index < -0.39 is 0 Å². The van der Waals surface area contributed by atoms with Crippen molar-refractivity contribution in [2.24, 2.45) is 0 Å². The minimum absolute atomic E-state index is 0.476. The molecule has 19 heavy (non-hydrogen) atoms. The molecule has 1 heterocycles. The van der Waals surface area contributed by atoms with E-state index in [0.29, 0.717) is 11.0 Å². The summed E-state index contributed by atoms with van der Waals surface area (Å²) in [4.78, 5) is 10.6. The number of aromatic nitrogens is 2. The van der Waals surface area contributed by atoms with Gasteiger partial charge in [0.15, 0.2) is 0 Å². The average molecular weight is 278 g/mol. The number of aryl methyl sites for hydroxylation is 1. The lowest BCUT2D eigenvalue weighted by Gasteiger charge is -2.22. The van der Waals surface area contributed by atoms with Gasteiger partial charge in [-0.3, -0.25) is 0 Å². The Labute approximate surface area is 118 Å². The summed E-state index contributed by atoms with van der Waals surface area (Å²) in [6.45, 7) is 3.73. The van der Waals surface area contributed by atoms with Crippen LogP contribution in [0, 0.1) is 13.8 Å². The normalized spacial score (nSPS) is 10.4. The van der Waals surface area contributed by atoms with E-state index in [-0.39, 0.29) is 0 Å². The number of hydrogen-bond acceptors (Lipinski definition) is 4. The van der Waals surface area contributed by atoms with E-state index in [4.69, 9.17) is 16.3 Å². The van der Waals surface area contributed by atoms with Gasteiger partial charge in [-0.1, -0.05) is 23.7 Å². The van der Waals surface area contributed by atoms with Crippen LogP contribution in [0.5, 0.6) is 5.75 Å². The predicted octanol–water partition coefficient (Wildman–Crippen LogP) is 3.52. The second kappa shape index (κ2) is 5.45. The fourth-order valence-corrected chi connectivity index (χ4v) is 2.13. The highest BCUT2D eigenvalue weighted by Crippen LogP contribution is 2.33. The topological polar surface area (TPSA) is 38.2 Å². The van der Waals surface area contributed by atoms with Gasteiger partial charge in [0.1, 0.15) is 22.5 Å². The van der Waals surface area contributed by atoms with E-state index in [1.165, 1.54) is 0 Å². The molecule has 2 aromatic rings. The Hall–Kier alpha value is -1.81. The second-order valence-corrected chi connectivity index (χ2v) is 4.60. The summed E-state index contributed by atoms with van der Waals surface area (Å²) in [5.41, 5.74) is 1.78. The first kappa shape index (κ1) is 13.6. The molecule has 0 N–H and O–H groups in total. The Morgan fingerprint density at radius 2 is 1.84 bits per heavy atom. The Morgan fingerprint density at radius 3 is 2.53 bits per heavy atom. The lowest BCUT2D eigenvalue weighted by Crippen LogP contribution is -2.15. The average Bonchev–Trinajstić information content (AvgIpc) is 2.42. The lowest BCUT2D eigenvalue weighted by atomic mass is 10.2. The standard InChI is InChI=1S/C14H16ClN3O/c1-9-13(15)16-10(2)17-14(9)18(3)11-7-5-6-8-12(11)19-4/h5-8H,1-4H3. The third-order valence-corrected chi connectivity index (χ3v) is 3.30. The highest BCUT2D eigenvalue weighted by molar-refractivity contribution is 6.30.